The van der Waals surface area contributed by atoms with E-state index in [-0.39, 0.29) is 30.4 Å². The van der Waals surface area contributed by atoms with Crippen LogP contribution in [-0.4, -0.2) is 24.4 Å². The highest BCUT2D eigenvalue weighted by Gasteiger charge is 2.12. The molecule has 0 aliphatic rings. The van der Waals surface area contributed by atoms with E-state index in [0.29, 0.717) is 11.3 Å². The van der Waals surface area contributed by atoms with Crippen LogP contribution in [0, 0.1) is 0 Å². The molecule has 0 bridgehead atoms. The maximum atomic E-state index is 12.5. The quantitative estimate of drug-likeness (QED) is 0.680. The number of carbonyl (C=O) groups excluding carboxylic acids is 2. The molecule has 2 amide bonds. The SMILES string of the molecule is CCC(C)NCC(=O)Nc1cccc(C(=O)NC(C)c2ccccc2)c1. The molecule has 0 saturated heterocycles. The van der Waals surface area contributed by atoms with Gasteiger partial charge in [-0.15, -0.1) is 0 Å². The van der Waals surface area contributed by atoms with E-state index in [9.17, 15) is 9.59 Å². The number of nitrogens with one attached hydrogen (secondary N) is 3. The molecule has 138 valence electrons. The molecule has 5 nitrogen and oxygen atoms in total. The number of anilines is 1. The van der Waals surface area contributed by atoms with Crippen LogP contribution < -0.4 is 16.0 Å². The Morgan fingerprint density at radius 3 is 2.42 bits per heavy atom. The monoisotopic (exact) mass is 353 g/mol. The Labute approximate surface area is 155 Å². The summed E-state index contributed by atoms with van der Waals surface area (Å²) >= 11 is 0. The number of amides is 2. The van der Waals surface area contributed by atoms with Crippen LogP contribution in [0.25, 0.3) is 0 Å². The highest BCUT2D eigenvalue weighted by Crippen LogP contribution is 2.14. The van der Waals surface area contributed by atoms with Gasteiger partial charge in [0, 0.05) is 17.3 Å². The summed E-state index contributed by atoms with van der Waals surface area (Å²) < 4.78 is 0. The van der Waals surface area contributed by atoms with Crippen LogP contribution >= 0.6 is 0 Å². The van der Waals surface area contributed by atoms with Gasteiger partial charge in [0.05, 0.1) is 12.6 Å². The van der Waals surface area contributed by atoms with Gasteiger partial charge in [-0.05, 0) is 44.0 Å². The normalized spacial score (nSPS) is 12.9. The molecule has 0 aliphatic carbocycles. The van der Waals surface area contributed by atoms with Gasteiger partial charge in [-0.25, -0.2) is 0 Å². The highest BCUT2D eigenvalue weighted by molar-refractivity contribution is 5.97. The van der Waals surface area contributed by atoms with Crippen molar-refractivity contribution in [1.29, 1.82) is 0 Å². The zero-order valence-electron chi connectivity index (χ0n) is 15.6. The van der Waals surface area contributed by atoms with Crippen molar-refractivity contribution in [3.63, 3.8) is 0 Å². The largest absolute Gasteiger partial charge is 0.346 e. The molecule has 0 aromatic heterocycles. The molecule has 26 heavy (non-hydrogen) atoms. The summed E-state index contributed by atoms with van der Waals surface area (Å²) in [5, 5.41) is 8.94. The Bertz CT molecular complexity index is 731. The lowest BCUT2D eigenvalue weighted by Gasteiger charge is -2.15. The third-order valence-corrected chi connectivity index (χ3v) is 4.28. The van der Waals surface area contributed by atoms with E-state index in [4.69, 9.17) is 0 Å². The molecule has 0 heterocycles. The Kier molecular flexibility index (Phi) is 7.36. The van der Waals surface area contributed by atoms with Crippen molar-refractivity contribution in [3.05, 3.63) is 65.7 Å². The number of hydrogen-bond donors (Lipinski definition) is 3. The summed E-state index contributed by atoms with van der Waals surface area (Å²) in [6, 6.07) is 17.0. The number of benzene rings is 2. The van der Waals surface area contributed by atoms with Crippen LogP contribution in [0.5, 0.6) is 0 Å². The number of hydrogen-bond acceptors (Lipinski definition) is 3. The average molecular weight is 353 g/mol. The summed E-state index contributed by atoms with van der Waals surface area (Å²) in [6.45, 7) is 6.29. The second-order valence-electron chi connectivity index (χ2n) is 6.43. The molecule has 2 rings (SSSR count). The lowest BCUT2D eigenvalue weighted by atomic mass is 10.1. The third-order valence-electron chi connectivity index (χ3n) is 4.28. The van der Waals surface area contributed by atoms with Crippen LogP contribution in [0.3, 0.4) is 0 Å². The molecule has 2 aromatic rings. The predicted octanol–water partition coefficient (Wildman–Crippen LogP) is 3.50. The van der Waals surface area contributed by atoms with Gasteiger partial charge in [0.25, 0.3) is 5.91 Å². The van der Waals surface area contributed by atoms with Gasteiger partial charge in [0.2, 0.25) is 5.91 Å². The van der Waals surface area contributed by atoms with Gasteiger partial charge in [-0.3, -0.25) is 9.59 Å². The molecule has 2 atom stereocenters. The van der Waals surface area contributed by atoms with E-state index in [0.717, 1.165) is 12.0 Å². The van der Waals surface area contributed by atoms with Crippen molar-refractivity contribution < 1.29 is 9.59 Å². The van der Waals surface area contributed by atoms with Gasteiger partial charge in [0.15, 0.2) is 0 Å². The highest BCUT2D eigenvalue weighted by atomic mass is 16.2. The minimum atomic E-state index is -0.171. The Balaban J connectivity index is 1.95. The van der Waals surface area contributed by atoms with Crippen LogP contribution in [0.1, 0.15) is 49.2 Å². The maximum absolute atomic E-state index is 12.5. The Morgan fingerprint density at radius 2 is 1.73 bits per heavy atom. The molecule has 0 radical (unpaired) electrons. The molecule has 0 aliphatic heterocycles. The molecule has 0 fully saturated rings. The smallest absolute Gasteiger partial charge is 0.251 e. The number of rotatable bonds is 8. The van der Waals surface area contributed by atoms with Crippen LogP contribution in [-0.2, 0) is 4.79 Å². The van der Waals surface area contributed by atoms with Crippen LogP contribution in [0.15, 0.2) is 54.6 Å². The van der Waals surface area contributed by atoms with Crippen molar-refractivity contribution in [2.45, 2.75) is 39.3 Å². The van der Waals surface area contributed by atoms with Gasteiger partial charge in [-0.2, -0.15) is 0 Å². The molecular formula is C21H27N3O2. The van der Waals surface area contributed by atoms with E-state index in [1.807, 2.05) is 44.2 Å². The van der Waals surface area contributed by atoms with Crippen molar-refractivity contribution in [1.82, 2.24) is 10.6 Å². The zero-order chi connectivity index (χ0) is 18.9. The first-order valence-corrected chi connectivity index (χ1v) is 8.98. The summed E-state index contributed by atoms with van der Waals surface area (Å²) in [5.41, 5.74) is 2.17. The van der Waals surface area contributed by atoms with Gasteiger partial charge in [-0.1, -0.05) is 43.3 Å². The van der Waals surface area contributed by atoms with Crippen molar-refractivity contribution in [3.8, 4) is 0 Å². The molecule has 0 spiro atoms. The van der Waals surface area contributed by atoms with Gasteiger partial charge in [0.1, 0.15) is 0 Å². The lowest BCUT2D eigenvalue weighted by molar-refractivity contribution is -0.115. The van der Waals surface area contributed by atoms with E-state index in [1.165, 1.54) is 0 Å². The van der Waals surface area contributed by atoms with Crippen LogP contribution in [0.4, 0.5) is 5.69 Å². The van der Waals surface area contributed by atoms with E-state index in [2.05, 4.69) is 22.9 Å². The average Bonchev–Trinajstić information content (AvgIpc) is 2.66. The van der Waals surface area contributed by atoms with Gasteiger partial charge >= 0.3 is 0 Å². The van der Waals surface area contributed by atoms with Crippen molar-refractivity contribution in [2.75, 3.05) is 11.9 Å². The molecule has 2 unspecified atom stereocenters. The summed E-state index contributed by atoms with van der Waals surface area (Å²) in [6.07, 6.45) is 0.961. The molecule has 5 heteroatoms. The minimum Gasteiger partial charge on any atom is -0.346 e. The fourth-order valence-electron chi connectivity index (χ4n) is 2.46. The number of carbonyl (C=O) groups is 2. The first-order valence-electron chi connectivity index (χ1n) is 8.98. The van der Waals surface area contributed by atoms with Crippen molar-refractivity contribution >= 4 is 17.5 Å². The summed E-state index contributed by atoms with van der Waals surface area (Å²) in [7, 11) is 0. The summed E-state index contributed by atoms with van der Waals surface area (Å²) in [4.78, 5) is 24.5. The molecule has 3 N–H and O–H groups in total. The molecule has 2 aromatic carbocycles. The fourth-order valence-corrected chi connectivity index (χ4v) is 2.46. The Morgan fingerprint density at radius 1 is 1.00 bits per heavy atom. The van der Waals surface area contributed by atoms with Crippen LogP contribution in [0.2, 0.25) is 0 Å². The first-order chi connectivity index (χ1) is 12.5. The van der Waals surface area contributed by atoms with Crippen molar-refractivity contribution in [2.24, 2.45) is 0 Å². The molecular weight excluding hydrogens is 326 g/mol. The predicted molar refractivity (Wildman–Crippen MR) is 105 cm³/mol. The van der Waals surface area contributed by atoms with E-state index in [1.54, 1.807) is 24.3 Å². The minimum absolute atomic E-state index is 0.0957. The zero-order valence-corrected chi connectivity index (χ0v) is 15.6. The second-order valence-corrected chi connectivity index (χ2v) is 6.43. The molecule has 0 saturated carbocycles. The van der Waals surface area contributed by atoms with E-state index < -0.39 is 0 Å². The third kappa shape index (κ3) is 6.01. The standard InChI is InChI=1S/C21H27N3O2/c1-4-15(2)22-14-20(25)24-19-12-8-11-18(13-19)21(26)23-16(3)17-9-6-5-7-10-17/h5-13,15-16,22H,4,14H2,1-3H3,(H,23,26)(H,24,25). The topological polar surface area (TPSA) is 70.2 Å². The Hall–Kier alpha value is -2.66. The first kappa shape index (κ1) is 19.7. The fraction of sp³-hybridized carbons (Fsp3) is 0.333. The maximum Gasteiger partial charge on any atom is 0.251 e. The lowest BCUT2D eigenvalue weighted by Crippen LogP contribution is -2.34. The second kappa shape index (κ2) is 9.73. The summed E-state index contributed by atoms with van der Waals surface area (Å²) in [5.74, 6) is -0.296. The van der Waals surface area contributed by atoms with E-state index >= 15 is 0 Å². The van der Waals surface area contributed by atoms with Gasteiger partial charge < -0.3 is 16.0 Å².